The van der Waals surface area contributed by atoms with Crippen LogP contribution in [0.3, 0.4) is 0 Å². The highest BCUT2D eigenvalue weighted by Gasteiger charge is 2.22. The quantitative estimate of drug-likeness (QED) is 0.552. The number of ether oxygens (including phenoxy) is 1. The molecule has 10 heteroatoms. The van der Waals surface area contributed by atoms with Crippen LogP contribution < -0.4 is 14.8 Å². The van der Waals surface area contributed by atoms with Crippen LogP contribution in [0.1, 0.15) is 32.1 Å². The van der Waals surface area contributed by atoms with Crippen LogP contribution in [0.4, 0.5) is 5.69 Å². The van der Waals surface area contributed by atoms with E-state index in [9.17, 15) is 13.2 Å². The Bertz CT molecular complexity index is 1020. The fourth-order valence-corrected chi connectivity index (χ4v) is 5.16. The highest BCUT2D eigenvalue weighted by molar-refractivity contribution is 7.89. The van der Waals surface area contributed by atoms with Crippen molar-refractivity contribution in [2.75, 3.05) is 11.9 Å². The second kappa shape index (κ2) is 10.2. The predicted molar refractivity (Wildman–Crippen MR) is 119 cm³/mol. The van der Waals surface area contributed by atoms with Crippen molar-refractivity contribution in [2.45, 2.75) is 43.0 Å². The van der Waals surface area contributed by atoms with Gasteiger partial charge in [0.05, 0.1) is 20.6 Å². The lowest BCUT2D eigenvalue weighted by Crippen LogP contribution is -2.36. The van der Waals surface area contributed by atoms with E-state index in [1.54, 1.807) is 12.1 Å². The molecule has 2 aromatic carbocycles. The van der Waals surface area contributed by atoms with Gasteiger partial charge < -0.3 is 10.1 Å². The highest BCUT2D eigenvalue weighted by Crippen LogP contribution is 2.29. The third kappa shape index (κ3) is 6.25. The summed E-state index contributed by atoms with van der Waals surface area (Å²) in [6.45, 7) is -0.338. The summed E-state index contributed by atoms with van der Waals surface area (Å²) in [5, 5.41) is 3.45. The summed E-state index contributed by atoms with van der Waals surface area (Å²) in [7, 11) is -3.68. The minimum absolute atomic E-state index is 0.0551. The molecule has 1 aliphatic rings. The van der Waals surface area contributed by atoms with Crippen LogP contribution in [0, 0.1) is 0 Å². The number of hydrogen-bond donors (Lipinski definition) is 2. The highest BCUT2D eigenvalue weighted by atomic mass is 35.5. The summed E-state index contributed by atoms with van der Waals surface area (Å²) in [6.07, 6.45) is 4.83. The zero-order chi connectivity index (χ0) is 21.7. The minimum atomic E-state index is -3.68. The second-order valence-electron chi connectivity index (χ2n) is 7.01. The molecule has 3 rings (SSSR count). The van der Waals surface area contributed by atoms with Gasteiger partial charge in [0.2, 0.25) is 10.0 Å². The fourth-order valence-electron chi connectivity index (χ4n) is 3.20. The van der Waals surface area contributed by atoms with Gasteiger partial charge in [-0.1, -0.05) is 54.1 Å². The van der Waals surface area contributed by atoms with Crippen LogP contribution in [0.15, 0.2) is 41.3 Å². The zero-order valence-corrected chi connectivity index (χ0v) is 19.0. The molecule has 1 amide bonds. The van der Waals surface area contributed by atoms with Crippen LogP contribution in [0.5, 0.6) is 5.75 Å². The van der Waals surface area contributed by atoms with Crippen molar-refractivity contribution < 1.29 is 17.9 Å². The van der Waals surface area contributed by atoms with Crippen molar-refractivity contribution in [3.8, 4) is 5.75 Å². The third-order valence-corrected chi connectivity index (χ3v) is 7.08. The molecule has 30 heavy (non-hydrogen) atoms. The first kappa shape index (κ1) is 23.2. The van der Waals surface area contributed by atoms with E-state index < -0.39 is 15.9 Å². The van der Waals surface area contributed by atoms with Crippen LogP contribution in [-0.2, 0) is 14.8 Å². The maximum absolute atomic E-state index is 12.6. The Labute approximate surface area is 190 Å². The number of rotatable bonds is 7. The smallest absolute Gasteiger partial charge is 0.262 e. The number of amides is 1. The molecular weight excluding hydrogens is 471 g/mol. The molecule has 0 heterocycles. The van der Waals surface area contributed by atoms with Gasteiger partial charge in [-0.25, -0.2) is 13.1 Å². The molecular formula is C20H21Cl3N2O4S. The standard InChI is InChI=1S/C20H21Cl3N2O4S/c21-13-6-8-16(22)18(10-13)24-20(26)12-29-19-9-7-15(11-17(19)23)30(27,28)25-14-4-2-1-3-5-14/h6-11,14,25H,1-5,12H2,(H,24,26). The van der Waals surface area contributed by atoms with E-state index in [-0.39, 0.29) is 28.3 Å². The van der Waals surface area contributed by atoms with Crippen molar-refractivity contribution in [2.24, 2.45) is 0 Å². The molecule has 1 aliphatic carbocycles. The molecule has 0 spiro atoms. The van der Waals surface area contributed by atoms with Gasteiger partial charge in [0, 0.05) is 11.1 Å². The number of anilines is 1. The number of carbonyl (C=O) groups excluding carboxylic acids is 1. The Kier molecular flexibility index (Phi) is 7.87. The minimum Gasteiger partial charge on any atom is -0.482 e. The lowest BCUT2D eigenvalue weighted by molar-refractivity contribution is -0.118. The summed E-state index contributed by atoms with van der Waals surface area (Å²) in [4.78, 5) is 12.2. The number of hydrogen-bond acceptors (Lipinski definition) is 4. The average Bonchev–Trinajstić information content (AvgIpc) is 2.70. The van der Waals surface area contributed by atoms with Gasteiger partial charge in [-0.15, -0.1) is 0 Å². The van der Waals surface area contributed by atoms with E-state index in [0.29, 0.717) is 15.7 Å². The molecule has 2 aromatic rings. The normalized spacial score (nSPS) is 15.0. The lowest BCUT2D eigenvalue weighted by Gasteiger charge is -2.22. The number of nitrogens with one attached hydrogen (secondary N) is 2. The first-order valence-corrected chi connectivity index (χ1v) is 12.1. The lowest BCUT2D eigenvalue weighted by atomic mass is 9.96. The van der Waals surface area contributed by atoms with Crippen molar-refractivity contribution in [3.05, 3.63) is 51.5 Å². The van der Waals surface area contributed by atoms with Crippen molar-refractivity contribution in [3.63, 3.8) is 0 Å². The second-order valence-corrected chi connectivity index (χ2v) is 9.97. The molecule has 0 unspecified atom stereocenters. The van der Waals surface area contributed by atoms with Gasteiger partial charge in [0.15, 0.2) is 6.61 Å². The first-order chi connectivity index (χ1) is 14.2. The van der Waals surface area contributed by atoms with E-state index >= 15 is 0 Å². The molecule has 1 saturated carbocycles. The van der Waals surface area contributed by atoms with Crippen LogP contribution in [-0.4, -0.2) is 27.0 Å². The van der Waals surface area contributed by atoms with Gasteiger partial charge in [0.1, 0.15) is 5.75 Å². The van der Waals surface area contributed by atoms with Gasteiger partial charge in [0.25, 0.3) is 5.91 Å². The number of carbonyl (C=O) groups is 1. The monoisotopic (exact) mass is 490 g/mol. The van der Waals surface area contributed by atoms with Crippen molar-refractivity contribution in [1.82, 2.24) is 4.72 Å². The molecule has 0 radical (unpaired) electrons. The average molecular weight is 492 g/mol. The molecule has 0 saturated heterocycles. The molecule has 0 bridgehead atoms. The summed E-state index contributed by atoms with van der Waals surface area (Å²) < 4.78 is 33.3. The van der Waals surface area contributed by atoms with E-state index in [4.69, 9.17) is 39.5 Å². The maximum atomic E-state index is 12.6. The van der Waals surface area contributed by atoms with Gasteiger partial charge >= 0.3 is 0 Å². The third-order valence-electron chi connectivity index (χ3n) is 4.70. The summed E-state index contributed by atoms with van der Waals surface area (Å²) in [5.74, 6) is -0.272. The van der Waals surface area contributed by atoms with Crippen LogP contribution in [0.2, 0.25) is 15.1 Å². The Hall–Kier alpha value is -1.51. The first-order valence-electron chi connectivity index (χ1n) is 9.44. The molecule has 0 aliphatic heterocycles. The van der Waals surface area contributed by atoms with E-state index in [0.717, 1.165) is 32.1 Å². The summed E-state index contributed by atoms with van der Waals surface area (Å²) in [5.41, 5.74) is 0.360. The van der Waals surface area contributed by atoms with Gasteiger partial charge in [-0.2, -0.15) is 0 Å². The molecule has 1 fully saturated rings. The number of benzene rings is 2. The summed E-state index contributed by atoms with van der Waals surface area (Å²) in [6, 6.07) is 8.78. The van der Waals surface area contributed by atoms with Crippen molar-refractivity contribution >= 4 is 56.4 Å². The Morgan fingerprint density at radius 3 is 2.43 bits per heavy atom. The zero-order valence-electron chi connectivity index (χ0n) is 16.0. The fraction of sp³-hybridized carbons (Fsp3) is 0.350. The van der Waals surface area contributed by atoms with Crippen molar-refractivity contribution in [1.29, 1.82) is 0 Å². The van der Waals surface area contributed by atoms with E-state index in [1.165, 1.54) is 24.3 Å². The number of sulfonamides is 1. The van der Waals surface area contributed by atoms with Crippen LogP contribution >= 0.6 is 34.8 Å². The Balaban J connectivity index is 1.61. The van der Waals surface area contributed by atoms with Gasteiger partial charge in [-0.05, 0) is 49.2 Å². The van der Waals surface area contributed by atoms with Crippen LogP contribution in [0.25, 0.3) is 0 Å². The molecule has 6 nitrogen and oxygen atoms in total. The SMILES string of the molecule is O=C(COc1ccc(S(=O)(=O)NC2CCCCC2)cc1Cl)Nc1cc(Cl)ccc1Cl. The number of halogens is 3. The summed E-state index contributed by atoms with van der Waals surface area (Å²) >= 11 is 18.1. The molecule has 0 atom stereocenters. The maximum Gasteiger partial charge on any atom is 0.262 e. The molecule has 0 aromatic heterocycles. The predicted octanol–water partition coefficient (Wildman–Crippen LogP) is 5.28. The molecule has 162 valence electrons. The van der Waals surface area contributed by atoms with Gasteiger partial charge in [-0.3, -0.25) is 4.79 Å². The topological polar surface area (TPSA) is 84.5 Å². The molecule has 2 N–H and O–H groups in total. The largest absolute Gasteiger partial charge is 0.482 e. The van der Waals surface area contributed by atoms with E-state index in [1.807, 2.05) is 0 Å². The van der Waals surface area contributed by atoms with E-state index in [2.05, 4.69) is 10.0 Å². The Morgan fingerprint density at radius 2 is 1.73 bits per heavy atom. The Morgan fingerprint density at radius 1 is 1.00 bits per heavy atom.